The summed E-state index contributed by atoms with van der Waals surface area (Å²) in [6, 6.07) is 33.1. The van der Waals surface area contributed by atoms with Crippen molar-refractivity contribution in [1.29, 1.82) is 0 Å². The fourth-order valence-electron chi connectivity index (χ4n) is 7.53. The van der Waals surface area contributed by atoms with E-state index < -0.39 is 12.2 Å². The Bertz CT molecular complexity index is 1720. The molecule has 14 nitrogen and oxygen atoms in total. The van der Waals surface area contributed by atoms with Gasteiger partial charge in [-0.2, -0.15) is 0 Å². The predicted octanol–water partition coefficient (Wildman–Crippen LogP) is 6.59. The van der Waals surface area contributed by atoms with Crippen LogP contribution < -0.4 is 10.6 Å². The minimum atomic E-state index is -0.456. The van der Waals surface area contributed by atoms with Crippen LogP contribution >= 0.6 is 0 Å². The molecule has 63 heavy (non-hydrogen) atoms. The first-order valence-electron chi connectivity index (χ1n) is 22.0. The van der Waals surface area contributed by atoms with Crippen molar-refractivity contribution in [2.24, 2.45) is 0 Å². The van der Waals surface area contributed by atoms with Crippen LogP contribution in [0.2, 0.25) is 0 Å². The minimum Gasteiger partial charge on any atom is -0.449 e. The molecule has 2 N–H and O–H groups in total. The lowest BCUT2D eigenvalue weighted by atomic mass is 9.98. The fraction of sp³-hybridized carbons (Fsp3) is 0.469. The first kappa shape index (κ1) is 47.6. The number of hydrogen-bond acceptors (Lipinski definition) is 12. The molecule has 340 valence electrons. The van der Waals surface area contributed by atoms with Crippen molar-refractivity contribution in [1.82, 2.24) is 10.6 Å². The Morgan fingerprint density at radius 3 is 0.952 bits per heavy atom. The molecule has 0 bridgehead atoms. The van der Waals surface area contributed by atoms with Crippen molar-refractivity contribution >= 4 is 12.2 Å². The third-order valence-corrected chi connectivity index (χ3v) is 10.5. The summed E-state index contributed by atoms with van der Waals surface area (Å²) in [6.07, 6.45) is -0.197. The first-order valence-corrected chi connectivity index (χ1v) is 22.0. The molecular formula is C49H62N2O12. The quantitative estimate of drug-likeness (QED) is 0.0510. The lowest BCUT2D eigenvalue weighted by Gasteiger charge is -2.14. The summed E-state index contributed by atoms with van der Waals surface area (Å²) in [6.45, 7) is 8.78. The van der Waals surface area contributed by atoms with E-state index in [2.05, 4.69) is 59.2 Å². The maximum Gasteiger partial charge on any atom is 0.407 e. The van der Waals surface area contributed by atoms with Gasteiger partial charge < -0.3 is 58.0 Å². The SMILES string of the molecule is O=C(NCCCOCCOCCOCCOCCOCCOCCOCCOCCNC(=O)OCC1c2ccccc2-c2ccccc21)OCC1c2ccccc2-c2ccccc21. The molecule has 14 heteroatoms. The van der Waals surface area contributed by atoms with Gasteiger partial charge in [-0.3, -0.25) is 0 Å². The lowest BCUT2D eigenvalue weighted by molar-refractivity contribution is -0.0230. The Kier molecular flexibility index (Phi) is 21.2. The van der Waals surface area contributed by atoms with Crippen LogP contribution in [0.5, 0.6) is 0 Å². The maximum absolute atomic E-state index is 12.3. The zero-order valence-electron chi connectivity index (χ0n) is 36.1. The summed E-state index contributed by atoms with van der Waals surface area (Å²) >= 11 is 0. The van der Waals surface area contributed by atoms with Crippen LogP contribution in [0.1, 0.15) is 40.5 Å². The van der Waals surface area contributed by atoms with Crippen LogP contribution in [0.4, 0.5) is 9.59 Å². The van der Waals surface area contributed by atoms with E-state index in [1.807, 2.05) is 48.5 Å². The first-order chi connectivity index (χ1) is 31.2. The number of nitrogens with one attached hydrogen (secondary N) is 2. The Morgan fingerprint density at radius 1 is 0.349 bits per heavy atom. The fourth-order valence-corrected chi connectivity index (χ4v) is 7.53. The third kappa shape index (κ3) is 15.7. The molecule has 0 spiro atoms. The molecule has 0 unspecified atom stereocenters. The molecule has 0 saturated carbocycles. The number of fused-ring (bicyclic) bond motifs is 6. The number of carbonyl (C=O) groups is 2. The standard InChI is InChI=1S/C49H62N2O12/c52-48(62-36-46-42-14-5-1-10-38(42)39-11-2-6-15-43(39)46)50-18-9-20-54-22-24-56-26-28-58-30-32-60-34-35-61-33-31-59-29-27-57-25-23-55-21-19-51-49(53)63-37-47-44-16-7-3-12-40(44)41-13-4-8-17-45(41)47/h1-8,10-17,46-47H,9,18-37H2,(H,50,52)(H,51,53). The van der Waals surface area contributed by atoms with Crippen molar-refractivity contribution in [3.8, 4) is 22.3 Å². The van der Waals surface area contributed by atoms with Crippen molar-refractivity contribution in [3.05, 3.63) is 119 Å². The number of carbonyl (C=O) groups excluding carboxylic acids is 2. The van der Waals surface area contributed by atoms with E-state index in [0.717, 1.165) is 0 Å². The third-order valence-electron chi connectivity index (χ3n) is 10.5. The van der Waals surface area contributed by atoms with Gasteiger partial charge in [0.2, 0.25) is 0 Å². The highest BCUT2D eigenvalue weighted by molar-refractivity contribution is 5.80. The molecule has 0 saturated heterocycles. The lowest BCUT2D eigenvalue weighted by Crippen LogP contribution is -2.29. The summed E-state index contributed by atoms with van der Waals surface area (Å²) in [5.41, 5.74) is 9.56. The van der Waals surface area contributed by atoms with Crippen molar-refractivity contribution in [2.75, 3.05) is 132 Å². The minimum absolute atomic E-state index is 0.0316. The second-order valence-corrected chi connectivity index (χ2v) is 14.8. The molecule has 0 fully saturated rings. The van der Waals surface area contributed by atoms with Crippen molar-refractivity contribution < 1.29 is 57.0 Å². The average Bonchev–Trinajstić information content (AvgIpc) is 3.81. The van der Waals surface area contributed by atoms with E-state index in [4.69, 9.17) is 47.4 Å². The molecule has 0 aromatic heterocycles. The number of rotatable bonds is 32. The van der Waals surface area contributed by atoms with Gasteiger partial charge in [-0.25, -0.2) is 9.59 Å². The van der Waals surface area contributed by atoms with Gasteiger partial charge in [-0.1, -0.05) is 97.1 Å². The van der Waals surface area contributed by atoms with Gasteiger partial charge in [0, 0.05) is 31.5 Å². The summed E-state index contributed by atoms with van der Waals surface area (Å²) in [4.78, 5) is 24.6. The highest BCUT2D eigenvalue weighted by atomic mass is 16.6. The Labute approximate surface area is 370 Å². The number of amides is 2. The van der Waals surface area contributed by atoms with Crippen LogP contribution in [0, 0.1) is 0 Å². The predicted molar refractivity (Wildman–Crippen MR) is 237 cm³/mol. The smallest absolute Gasteiger partial charge is 0.407 e. The summed E-state index contributed by atoms with van der Waals surface area (Å²) in [7, 11) is 0. The number of hydrogen-bond donors (Lipinski definition) is 2. The Morgan fingerprint density at radius 2 is 0.619 bits per heavy atom. The van der Waals surface area contributed by atoms with Crippen LogP contribution in [0.15, 0.2) is 97.1 Å². The van der Waals surface area contributed by atoms with Gasteiger partial charge in [0.15, 0.2) is 0 Å². The zero-order chi connectivity index (χ0) is 43.6. The van der Waals surface area contributed by atoms with Gasteiger partial charge in [0.05, 0.1) is 99.1 Å². The highest BCUT2D eigenvalue weighted by Crippen LogP contribution is 2.45. The van der Waals surface area contributed by atoms with Gasteiger partial charge >= 0.3 is 12.2 Å². The normalized spacial score (nSPS) is 12.7. The van der Waals surface area contributed by atoms with E-state index in [1.54, 1.807) is 0 Å². The van der Waals surface area contributed by atoms with Crippen LogP contribution in [-0.2, 0) is 47.4 Å². The van der Waals surface area contributed by atoms with Gasteiger partial charge in [0.25, 0.3) is 0 Å². The molecule has 6 rings (SSSR count). The number of alkyl carbamates (subject to hydrolysis) is 2. The van der Waals surface area contributed by atoms with Crippen molar-refractivity contribution in [2.45, 2.75) is 18.3 Å². The molecule has 0 atom stereocenters. The van der Waals surface area contributed by atoms with Crippen LogP contribution in [0.25, 0.3) is 22.3 Å². The second kappa shape index (κ2) is 28.0. The summed E-state index contributed by atoms with van der Waals surface area (Å²) < 4.78 is 55.4. The number of ether oxygens (including phenoxy) is 10. The Hall–Kier alpha value is -4.90. The zero-order valence-corrected chi connectivity index (χ0v) is 36.1. The molecule has 0 heterocycles. The number of benzene rings is 4. The van der Waals surface area contributed by atoms with Crippen LogP contribution in [-0.4, -0.2) is 144 Å². The molecule has 4 aromatic rings. The summed E-state index contributed by atoms with van der Waals surface area (Å²) in [5, 5.41) is 5.55. The Balaban J connectivity index is 0.614. The van der Waals surface area contributed by atoms with E-state index in [1.165, 1.54) is 44.5 Å². The van der Waals surface area contributed by atoms with Gasteiger partial charge in [-0.15, -0.1) is 0 Å². The maximum atomic E-state index is 12.3. The largest absolute Gasteiger partial charge is 0.449 e. The molecule has 0 radical (unpaired) electrons. The molecule has 2 aliphatic carbocycles. The van der Waals surface area contributed by atoms with Gasteiger partial charge in [0.1, 0.15) is 13.2 Å². The average molecular weight is 871 g/mol. The van der Waals surface area contributed by atoms with E-state index in [0.29, 0.717) is 132 Å². The molecule has 0 aliphatic heterocycles. The summed E-state index contributed by atoms with van der Waals surface area (Å²) in [5.74, 6) is 0.0757. The molecular weight excluding hydrogens is 809 g/mol. The van der Waals surface area contributed by atoms with E-state index in [9.17, 15) is 9.59 Å². The molecule has 4 aromatic carbocycles. The van der Waals surface area contributed by atoms with Gasteiger partial charge in [-0.05, 0) is 50.9 Å². The second-order valence-electron chi connectivity index (χ2n) is 14.8. The van der Waals surface area contributed by atoms with Crippen LogP contribution in [0.3, 0.4) is 0 Å². The van der Waals surface area contributed by atoms with Crippen molar-refractivity contribution in [3.63, 3.8) is 0 Å². The molecule has 2 amide bonds. The highest BCUT2D eigenvalue weighted by Gasteiger charge is 2.30. The van der Waals surface area contributed by atoms with E-state index in [-0.39, 0.29) is 18.4 Å². The van der Waals surface area contributed by atoms with E-state index >= 15 is 0 Å². The molecule has 2 aliphatic rings. The monoisotopic (exact) mass is 870 g/mol. The topological polar surface area (TPSA) is 150 Å².